The van der Waals surface area contributed by atoms with Crippen LogP contribution in [0.4, 0.5) is 5.69 Å². The van der Waals surface area contributed by atoms with E-state index in [4.69, 9.17) is 11.6 Å². The molecule has 2 aromatic rings. The maximum Gasteiger partial charge on any atom is 0.270 e. The Bertz CT molecular complexity index is 523. The zero-order chi connectivity index (χ0) is 10.3. The molecule has 4 nitrogen and oxygen atoms in total. The number of halogens is 1. The Labute approximate surface area is 87.5 Å². The minimum atomic E-state index is -0.496. The molecule has 6 heteroatoms. The first-order chi connectivity index (χ1) is 6.59. The van der Waals surface area contributed by atoms with Crippen molar-refractivity contribution >= 4 is 38.7 Å². The standard InChI is InChI=1S/C8H4ClNO3S/c9-7-5-3-4(10(12)13)1-2-6(5)14-8(7)11/h1-3,11H. The fourth-order valence-corrected chi connectivity index (χ4v) is 2.30. The molecular weight excluding hydrogens is 226 g/mol. The number of non-ortho nitro benzene ring substituents is 1. The van der Waals surface area contributed by atoms with Gasteiger partial charge < -0.3 is 5.11 Å². The van der Waals surface area contributed by atoms with E-state index in [2.05, 4.69) is 0 Å². The average molecular weight is 230 g/mol. The lowest BCUT2D eigenvalue weighted by Crippen LogP contribution is -1.85. The summed E-state index contributed by atoms with van der Waals surface area (Å²) in [7, 11) is 0. The molecule has 1 aromatic carbocycles. The summed E-state index contributed by atoms with van der Waals surface area (Å²) in [4.78, 5) is 9.97. The van der Waals surface area contributed by atoms with Crippen LogP contribution in [0.15, 0.2) is 18.2 Å². The van der Waals surface area contributed by atoms with E-state index in [1.54, 1.807) is 6.07 Å². The van der Waals surface area contributed by atoms with Crippen LogP contribution in [0.5, 0.6) is 5.06 Å². The van der Waals surface area contributed by atoms with Gasteiger partial charge in [-0.05, 0) is 6.07 Å². The molecule has 0 fully saturated rings. The summed E-state index contributed by atoms with van der Waals surface area (Å²) in [5.74, 6) is 0. The molecule has 1 aromatic heterocycles. The van der Waals surface area contributed by atoms with Crippen LogP contribution >= 0.6 is 22.9 Å². The van der Waals surface area contributed by atoms with E-state index in [0.717, 1.165) is 16.0 Å². The second-order valence-electron chi connectivity index (χ2n) is 2.66. The molecule has 0 aliphatic carbocycles. The fraction of sp³-hybridized carbons (Fsp3) is 0. The van der Waals surface area contributed by atoms with Crippen molar-refractivity contribution in [3.63, 3.8) is 0 Å². The highest BCUT2D eigenvalue weighted by molar-refractivity contribution is 7.21. The lowest BCUT2D eigenvalue weighted by atomic mass is 10.2. The van der Waals surface area contributed by atoms with Crippen molar-refractivity contribution in [3.05, 3.63) is 33.3 Å². The number of nitro groups is 1. The predicted octanol–water partition coefficient (Wildman–Crippen LogP) is 3.17. The normalized spacial score (nSPS) is 10.6. The largest absolute Gasteiger partial charge is 0.498 e. The van der Waals surface area contributed by atoms with E-state index >= 15 is 0 Å². The zero-order valence-electron chi connectivity index (χ0n) is 6.73. The van der Waals surface area contributed by atoms with E-state index in [0.29, 0.717) is 5.39 Å². The predicted molar refractivity (Wildman–Crippen MR) is 55.2 cm³/mol. The number of benzene rings is 1. The molecule has 0 saturated carbocycles. The highest BCUT2D eigenvalue weighted by atomic mass is 35.5. The molecule has 0 saturated heterocycles. The molecular formula is C8H4ClNO3S. The second kappa shape index (κ2) is 3.11. The monoisotopic (exact) mass is 229 g/mol. The van der Waals surface area contributed by atoms with Crippen LogP contribution in [0.3, 0.4) is 0 Å². The first-order valence-corrected chi connectivity index (χ1v) is 4.84. The number of hydrogen-bond acceptors (Lipinski definition) is 4. The summed E-state index contributed by atoms with van der Waals surface area (Å²) in [5.41, 5.74) is -0.0304. The third kappa shape index (κ3) is 1.30. The molecule has 0 aliphatic rings. The third-order valence-corrected chi connectivity index (χ3v) is 3.27. The Balaban J connectivity index is 2.76. The number of nitrogens with zero attached hydrogens (tertiary/aromatic N) is 1. The zero-order valence-corrected chi connectivity index (χ0v) is 8.30. The maximum atomic E-state index is 10.5. The van der Waals surface area contributed by atoms with Crippen molar-refractivity contribution in [3.8, 4) is 5.06 Å². The van der Waals surface area contributed by atoms with Gasteiger partial charge in [-0.3, -0.25) is 10.1 Å². The van der Waals surface area contributed by atoms with Crippen LogP contribution in [0.1, 0.15) is 0 Å². The summed E-state index contributed by atoms with van der Waals surface area (Å²) in [6, 6.07) is 4.31. The van der Waals surface area contributed by atoms with E-state index < -0.39 is 4.92 Å². The van der Waals surface area contributed by atoms with Gasteiger partial charge in [-0.2, -0.15) is 0 Å². The van der Waals surface area contributed by atoms with Crippen molar-refractivity contribution in [2.45, 2.75) is 0 Å². The van der Waals surface area contributed by atoms with E-state index in [9.17, 15) is 15.2 Å². The first kappa shape index (κ1) is 9.23. The molecule has 14 heavy (non-hydrogen) atoms. The van der Waals surface area contributed by atoms with Gasteiger partial charge >= 0.3 is 0 Å². The van der Waals surface area contributed by atoms with Gasteiger partial charge in [0.05, 0.1) is 4.92 Å². The topological polar surface area (TPSA) is 63.4 Å². The Morgan fingerprint density at radius 3 is 2.86 bits per heavy atom. The highest BCUT2D eigenvalue weighted by Gasteiger charge is 2.13. The van der Waals surface area contributed by atoms with Crippen LogP contribution in [0.25, 0.3) is 10.1 Å². The Hall–Kier alpha value is -1.33. The van der Waals surface area contributed by atoms with Gasteiger partial charge in [0, 0.05) is 22.2 Å². The van der Waals surface area contributed by atoms with Gasteiger partial charge in [0.15, 0.2) is 5.06 Å². The minimum absolute atomic E-state index is 0.0119. The maximum absolute atomic E-state index is 10.5. The molecule has 0 bridgehead atoms. The lowest BCUT2D eigenvalue weighted by Gasteiger charge is -1.91. The van der Waals surface area contributed by atoms with Crippen LogP contribution < -0.4 is 0 Å². The molecule has 1 N–H and O–H groups in total. The minimum Gasteiger partial charge on any atom is -0.498 e. The van der Waals surface area contributed by atoms with Crippen LogP contribution in [0, 0.1) is 10.1 Å². The number of fused-ring (bicyclic) bond motifs is 1. The summed E-state index contributed by atoms with van der Waals surface area (Å²) in [6.45, 7) is 0. The van der Waals surface area contributed by atoms with Gasteiger partial charge in [-0.25, -0.2) is 0 Å². The second-order valence-corrected chi connectivity index (χ2v) is 4.07. The van der Waals surface area contributed by atoms with Crippen molar-refractivity contribution in [1.29, 1.82) is 0 Å². The average Bonchev–Trinajstić information content (AvgIpc) is 2.43. The van der Waals surface area contributed by atoms with Gasteiger partial charge in [0.1, 0.15) is 5.02 Å². The van der Waals surface area contributed by atoms with Crippen LogP contribution in [-0.4, -0.2) is 10.0 Å². The SMILES string of the molecule is O=[N+]([O-])c1ccc2sc(O)c(Cl)c2c1. The van der Waals surface area contributed by atoms with Crippen molar-refractivity contribution in [2.75, 3.05) is 0 Å². The first-order valence-electron chi connectivity index (χ1n) is 3.65. The third-order valence-electron chi connectivity index (χ3n) is 1.80. The Kier molecular flexibility index (Phi) is 2.05. The van der Waals surface area contributed by atoms with Crippen molar-refractivity contribution in [1.82, 2.24) is 0 Å². The highest BCUT2D eigenvalue weighted by Crippen LogP contribution is 2.41. The number of rotatable bonds is 1. The van der Waals surface area contributed by atoms with Gasteiger partial charge in [-0.15, -0.1) is 0 Å². The van der Waals surface area contributed by atoms with Crippen molar-refractivity contribution in [2.24, 2.45) is 0 Å². The molecule has 1 heterocycles. The van der Waals surface area contributed by atoms with Gasteiger partial charge in [-0.1, -0.05) is 22.9 Å². The van der Waals surface area contributed by atoms with Crippen molar-refractivity contribution < 1.29 is 10.0 Å². The lowest BCUT2D eigenvalue weighted by molar-refractivity contribution is -0.384. The van der Waals surface area contributed by atoms with E-state index in [1.807, 2.05) is 0 Å². The summed E-state index contributed by atoms with van der Waals surface area (Å²) >= 11 is 6.86. The summed E-state index contributed by atoms with van der Waals surface area (Å²) in [6.07, 6.45) is 0. The Morgan fingerprint density at radius 2 is 2.21 bits per heavy atom. The van der Waals surface area contributed by atoms with Gasteiger partial charge in [0.25, 0.3) is 5.69 Å². The molecule has 0 aliphatic heterocycles. The summed E-state index contributed by atoms with van der Waals surface area (Å²) in [5, 5.41) is 20.4. The van der Waals surface area contributed by atoms with Gasteiger partial charge in [0.2, 0.25) is 0 Å². The quantitative estimate of drug-likeness (QED) is 0.603. The molecule has 72 valence electrons. The summed E-state index contributed by atoms with van der Waals surface area (Å²) < 4.78 is 0.734. The van der Waals surface area contributed by atoms with E-state index in [-0.39, 0.29) is 15.8 Å². The Morgan fingerprint density at radius 1 is 1.50 bits per heavy atom. The fourth-order valence-electron chi connectivity index (χ4n) is 1.16. The number of nitro benzene ring substituents is 1. The van der Waals surface area contributed by atoms with Crippen LogP contribution in [0.2, 0.25) is 5.02 Å². The molecule has 0 spiro atoms. The van der Waals surface area contributed by atoms with E-state index in [1.165, 1.54) is 12.1 Å². The number of aromatic hydroxyl groups is 1. The molecule has 2 rings (SSSR count). The molecule has 0 atom stereocenters. The van der Waals surface area contributed by atoms with Crippen LogP contribution in [-0.2, 0) is 0 Å². The molecule has 0 radical (unpaired) electrons. The molecule has 0 unspecified atom stereocenters. The smallest absolute Gasteiger partial charge is 0.270 e. The number of thiophene rings is 1. The number of hydrogen-bond donors (Lipinski definition) is 1. The molecule has 0 amide bonds.